The zero-order chi connectivity index (χ0) is 33.7. The molecular weight excluding hydrogens is 584 g/mol. The summed E-state index contributed by atoms with van der Waals surface area (Å²) in [5, 5.41) is 0. The predicted octanol–water partition coefficient (Wildman–Crippen LogP) is 7.81. The lowest BCUT2D eigenvalue weighted by Gasteiger charge is -2.31. The molecule has 2 amide bonds. The summed E-state index contributed by atoms with van der Waals surface area (Å²) < 4.78 is 19.1. The SMILES string of the molecule is CCC[C@H](C[C@H]1CC1(C(=O)O[C@H](C)c1ccccc1)c1cn(-c2ccccn2)cn1)CN(C(=O)OC(C)(C)C)C(=O)OC(C)(C)C. The molecule has 0 aliphatic heterocycles. The third-order valence-electron chi connectivity index (χ3n) is 7.96. The van der Waals surface area contributed by atoms with Crippen LogP contribution < -0.4 is 0 Å². The highest BCUT2D eigenvalue weighted by atomic mass is 16.6. The number of imidazole rings is 1. The quantitative estimate of drug-likeness (QED) is 0.155. The van der Waals surface area contributed by atoms with Crippen LogP contribution >= 0.6 is 0 Å². The Morgan fingerprint density at radius 1 is 0.957 bits per heavy atom. The van der Waals surface area contributed by atoms with Crippen molar-refractivity contribution in [1.29, 1.82) is 0 Å². The maximum absolute atomic E-state index is 14.1. The number of aromatic nitrogens is 3. The van der Waals surface area contributed by atoms with E-state index in [0.717, 1.165) is 23.3 Å². The first kappa shape index (κ1) is 34.7. The second kappa shape index (κ2) is 14.1. The minimum atomic E-state index is -0.974. The molecule has 1 unspecified atom stereocenters. The van der Waals surface area contributed by atoms with E-state index in [1.807, 2.05) is 61.7 Å². The third kappa shape index (κ3) is 8.73. The van der Waals surface area contributed by atoms with E-state index in [4.69, 9.17) is 19.2 Å². The van der Waals surface area contributed by atoms with Gasteiger partial charge in [0.05, 0.1) is 5.69 Å². The summed E-state index contributed by atoms with van der Waals surface area (Å²) in [6.45, 7) is 14.6. The highest BCUT2D eigenvalue weighted by Crippen LogP contribution is 2.58. The van der Waals surface area contributed by atoms with Crippen molar-refractivity contribution in [3.8, 4) is 5.82 Å². The van der Waals surface area contributed by atoms with Crippen LogP contribution in [0.2, 0.25) is 0 Å². The Morgan fingerprint density at radius 3 is 2.15 bits per heavy atom. The summed E-state index contributed by atoms with van der Waals surface area (Å²) in [6.07, 6.45) is 5.91. The predicted molar refractivity (Wildman–Crippen MR) is 174 cm³/mol. The van der Waals surface area contributed by atoms with Crippen LogP contribution in [-0.4, -0.2) is 55.3 Å². The molecule has 4 rings (SSSR count). The van der Waals surface area contributed by atoms with E-state index < -0.39 is 34.9 Å². The summed E-state index contributed by atoms with van der Waals surface area (Å²) in [5.41, 5.74) is -1.06. The zero-order valence-corrected chi connectivity index (χ0v) is 28.4. The number of benzene rings is 1. The molecular formula is C36H48N4O6. The van der Waals surface area contributed by atoms with Gasteiger partial charge in [0.25, 0.3) is 0 Å². The van der Waals surface area contributed by atoms with Crippen LogP contribution in [-0.2, 0) is 24.4 Å². The number of amides is 2. The van der Waals surface area contributed by atoms with Gasteiger partial charge < -0.3 is 14.2 Å². The van der Waals surface area contributed by atoms with Crippen LogP contribution in [0.5, 0.6) is 0 Å². The number of rotatable bonds is 11. The van der Waals surface area contributed by atoms with E-state index in [1.165, 1.54) is 0 Å². The molecule has 10 heteroatoms. The maximum Gasteiger partial charge on any atom is 0.419 e. The molecule has 46 heavy (non-hydrogen) atoms. The minimum absolute atomic E-state index is 0.0993. The number of hydrogen-bond donors (Lipinski definition) is 0. The van der Waals surface area contributed by atoms with Crippen molar-refractivity contribution >= 4 is 18.2 Å². The van der Waals surface area contributed by atoms with E-state index in [-0.39, 0.29) is 24.3 Å². The van der Waals surface area contributed by atoms with Gasteiger partial charge in [0.15, 0.2) is 0 Å². The zero-order valence-electron chi connectivity index (χ0n) is 28.4. The molecule has 2 heterocycles. The number of imide groups is 1. The Bertz CT molecular complexity index is 1450. The lowest BCUT2D eigenvalue weighted by Crippen LogP contribution is -2.45. The first-order valence-corrected chi connectivity index (χ1v) is 16.1. The maximum atomic E-state index is 14.1. The van der Waals surface area contributed by atoms with Gasteiger partial charge in [-0.1, -0.05) is 49.7 Å². The fourth-order valence-corrected chi connectivity index (χ4v) is 5.74. The van der Waals surface area contributed by atoms with Crippen molar-refractivity contribution in [3.05, 3.63) is 78.5 Å². The number of nitrogens with zero attached hydrogens (tertiary/aromatic N) is 4. The van der Waals surface area contributed by atoms with E-state index in [2.05, 4.69) is 11.9 Å². The topological polar surface area (TPSA) is 113 Å². The highest BCUT2D eigenvalue weighted by molar-refractivity contribution is 5.88. The molecule has 10 nitrogen and oxygen atoms in total. The average Bonchev–Trinajstić information content (AvgIpc) is 3.48. The highest BCUT2D eigenvalue weighted by Gasteiger charge is 2.64. The van der Waals surface area contributed by atoms with Crippen molar-refractivity contribution in [3.63, 3.8) is 0 Å². The Kier molecular flexibility index (Phi) is 10.6. The van der Waals surface area contributed by atoms with E-state index in [0.29, 0.717) is 24.4 Å². The van der Waals surface area contributed by atoms with Gasteiger partial charge in [-0.3, -0.25) is 9.36 Å². The van der Waals surface area contributed by atoms with Gasteiger partial charge in [-0.05, 0) is 97.3 Å². The molecule has 0 bridgehead atoms. The first-order valence-electron chi connectivity index (χ1n) is 16.1. The van der Waals surface area contributed by atoms with Crippen molar-refractivity contribution in [2.75, 3.05) is 6.54 Å². The average molecular weight is 633 g/mol. The van der Waals surface area contributed by atoms with Gasteiger partial charge >= 0.3 is 18.2 Å². The van der Waals surface area contributed by atoms with Gasteiger partial charge in [-0.2, -0.15) is 0 Å². The van der Waals surface area contributed by atoms with Crippen LogP contribution in [0.4, 0.5) is 9.59 Å². The molecule has 248 valence electrons. The number of hydrogen-bond acceptors (Lipinski definition) is 8. The van der Waals surface area contributed by atoms with E-state index >= 15 is 0 Å². The molecule has 1 saturated carbocycles. The van der Waals surface area contributed by atoms with E-state index in [9.17, 15) is 14.4 Å². The number of carbonyl (C=O) groups is 3. The molecule has 1 aromatic carbocycles. The normalized spacial score (nSPS) is 19.1. The summed E-state index contributed by atoms with van der Waals surface area (Å²) >= 11 is 0. The molecule has 1 aliphatic rings. The van der Waals surface area contributed by atoms with Crippen molar-refractivity contribution in [1.82, 2.24) is 19.4 Å². The molecule has 0 radical (unpaired) electrons. The third-order valence-corrected chi connectivity index (χ3v) is 7.96. The van der Waals surface area contributed by atoms with Crippen molar-refractivity contribution < 1.29 is 28.6 Å². The molecule has 0 spiro atoms. The van der Waals surface area contributed by atoms with Crippen LogP contribution in [0.1, 0.15) is 98.4 Å². The monoisotopic (exact) mass is 632 g/mol. The van der Waals surface area contributed by atoms with Crippen LogP contribution in [0.15, 0.2) is 67.3 Å². The Hall–Kier alpha value is -4.21. The van der Waals surface area contributed by atoms with Crippen LogP contribution in [0, 0.1) is 11.8 Å². The number of carbonyl (C=O) groups excluding carboxylic acids is 3. The number of esters is 1. The van der Waals surface area contributed by atoms with Crippen molar-refractivity contribution in [2.24, 2.45) is 11.8 Å². The second-order valence-electron chi connectivity index (χ2n) is 14.1. The largest absolute Gasteiger partial charge is 0.457 e. The van der Waals surface area contributed by atoms with Crippen molar-refractivity contribution in [2.45, 2.75) is 104 Å². The van der Waals surface area contributed by atoms with E-state index in [1.54, 1.807) is 58.6 Å². The van der Waals surface area contributed by atoms with Gasteiger partial charge in [0.1, 0.15) is 34.9 Å². The van der Waals surface area contributed by atoms with Gasteiger partial charge in [-0.25, -0.2) is 24.5 Å². The minimum Gasteiger partial charge on any atom is -0.457 e. The second-order valence-corrected chi connectivity index (χ2v) is 14.1. The fourth-order valence-electron chi connectivity index (χ4n) is 5.74. The lowest BCUT2D eigenvalue weighted by molar-refractivity contribution is -0.152. The summed E-state index contributed by atoms with van der Waals surface area (Å²) in [5.74, 6) is 0.111. The molecule has 1 fully saturated rings. The molecule has 4 atom stereocenters. The molecule has 2 aromatic heterocycles. The fraction of sp³-hybridized carbons (Fsp3) is 0.528. The molecule has 0 N–H and O–H groups in total. The van der Waals surface area contributed by atoms with Crippen LogP contribution in [0.3, 0.4) is 0 Å². The number of ether oxygens (including phenoxy) is 3. The summed E-state index contributed by atoms with van der Waals surface area (Å²) in [6, 6.07) is 15.2. The van der Waals surface area contributed by atoms with Crippen LogP contribution in [0.25, 0.3) is 5.82 Å². The summed E-state index contributed by atoms with van der Waals surface area (Å²) in [7, 11) is 0. The Balaban J connectivity index is 1.62. The molecule has 1 aliphatic carbocycles. The summed E-state index contributed by atoms with van der Waals surface area (Å²) in [4.78, 5) is 50.9. The van der Waals surface area contributed by atoms with Gasteiger partial charge in [0, 0.05) is 18.9 Å². The first-order chi connectivity index (χ1) is 21.6. The standard InChI is InChI=1S/C36H48N4O6/c1-9-15-26(22-40(32(42)45-34(3,4)5)33(43)46-35(6,7)8)20-28-21-36(28,31(41)44-25(2)27-16-11-10-12-17-27)29-23-39(24-38-29)30-18-13-14-19-37-30/h10-14,16-19,23-26,28H,9,15,20-22H2,1-8H3/t25-,26-,28+,36?/m1/s1. The molecule has 3 aromatic rings. The Labute approximate surface area is 272 Å². The van der Waals surface area contributed by atoms with Gasteiger partial charge in [0.2, 0.25) is 0 Å². The Morgan fingerprint density at radius 2 is 1.59 bits per heavy atom. The smallest absolute Gasteiger partial charge is 0.419 e. The lowest BCUT2D eigenvalue weighted by atomic mass is 9.90. The molecule has 0 saturated heterocycles. The number of pyridine rings is 1. The van der Waals surface area contributed by atoms with Gasteiger partial charge in [-0.15, -0.1) is 0 Å².